The predicted octanol–water partition coefficient (Wildman–Crippen LogP) is 0.911. The summed E-state index contributed by atoms with van der Waals surface area (Å²) in [6.45, 7) is 0. The van der Waals surface area contributed by atoms with Crippen LogP contribution in [0.5, 0.6) is 0 Å². The molecular weight excluding hydrogens is 212 g/mol. The van der Waals surface area contributed by atoms with E-state index in [9.17, 15) is 9.59 Å². The van der Waals surface area contributed by atoms with Crippen molar-refractivity contribution < 1.29 is 9.59 Å². The topological polar surface area (TPSA) is 58.2 Å². The second-order valence-electron chi connectivity index (χ2n) is 4.07. The van der Waals surface area contributed by atoms with Crippen molar-refractivity contribution in [2.45, 2.75) is 43.0 Å². The van der Waals surface area contributed by atoms with Crippen LogP contribution >= 0.6 is 11.8 Å². The second kappa shape index (κ2) is 4.88. The van der Waals surface area contributed by atoms with E-state index in [1.54, 1.807) is 0 Å². The second-order valence-corrected chi connectivity index (χ2v) is 5.35. The minimum Gasteiger partial charge on any atom is -0.332 e. The van der Waals surface area contributed by atoms with E-state index >= 15 is 0 Å². The number of rotatable bonds is 5. The molecule has 2 aliphatic heterocycles. The van der Waals surface area contributed by atoms with Gasteiger partial charge in [0, 0.05) is 17.4 Å². The number of aldehydes is 1. The van der Waals surface area contributed by atoms with Gasteiger partial charge in [0.2, 0.25) is 0 Å². The molecule has 0 aromatic heterocycles. The Labute approximate surface area is 93.6 Å². The molecular formula is C10H16N2O2S. The Morgan fingerprint density at radius 1 is 1.40 bits per heavy atom. The summed E-state index contributed by atoms with van der Waals surface area (Å²) in [4.78, 5) is 21.3. The highest BCUT2D eigenvalue weighted by molar-refractivity contribution is 8.00. The molecule has 1 unspecified atom stereocenters. The van der Waals surface area contributed by atoms with Crippen molar-refractivity contribution in [3.63, 3.8) is 0 Å². The molecule has 0 radical (unpaired) electrons. The highest BCUT2D eigenvalue weighted by Crippen LogP contribution is 2.33. The Bertz CT molecular complexity index is 260. The van der Waals surface area contributed by atoms with Crippen molar-refractivity contribution in [2.75, 3.05) is 5.75 Å². The molecule has 2 fully saturated rings. The minimum atomic E-state index is -0.0248. The van der Waals surface area contributed by atoms with Crippen LogP contribution in [0.3, 0.4) is 0 Å². The lowest BCUT2D eigenvalue weighted by Gasteiger charge is -2.15. The molecule has 2 aliphatic rings. The molecule has 2 saturated heterocycles. The summed E-state index contributed by atoms with van der Waals surface area (Å²) in [6, 6.07) is 0.598. The first kappa shape index (κ1) is 10.8. The van der Waals surface area contributed by atoms with Crippen LogP contribution in [0.15, 0.2) is 0 Å². The first-order chi connectivity index (χ1) is 7.31. The summed E-state index contributed by atoms with van der Waals surface area (Å²) in [5, 5.41) is 6.42. The Kier molecular flexibility index (Phi) is 3.51. The smallest absolute Gasteiger partial charge is 0.315 e. The quantitative estimate of drug-likeness (QED) is 0.418. The van der Waals surface area contributed by atoms with E-state index in [2.05, 4.69) is 10.6 Å². The van der Waals surface area contributed by atoms with Gasteiger partial charge in [0.1, 0.15) is 6.29 Å². The molecule has 2 rings (SSSR count). The SMILES string of the molecule is O=CCCCC[C@@H]1SCC2NC(=O)N[C@@H]21. The third-order valence-electron chi connectivity index (χ3n) is 3.00. The third kappa shape index (κ3) is 2.45. The summed E-state index contributed by atoms with van der Waals surface area (Å²) >= 11 is 1.93. The lowest BCUT2D eigenvalue weighted by atomic mass is 10.0. The van der Waals surface area contributed by atoms with E-state index in [0.717, 1.165) is 31.3 Å². The van der Waals surface area contributed by atoms with Crippen molar-refractivity contribution in [3.8, 4) is 0 Å². The molecule has 15 heavy (non-hydrogen) atoms. The number of urea groups is 1. The molecule has 0 bridgehead atoms. The molecule has 5 heteroatoms. The van der Waals surface area contributed by atoms with Crippen molar-refractivity contribution >= 4 is 24.1 Å². The fourth-order valence-corrected chi connectivity index (χ4v) is 3.76. The van der Waals surface area contributed by atoms with Crippen LogP contribution in [0.1, 0.15) is 25.7 Å². The van der Waals surface area contributed by atoms with E-state index in [-0.39, 0.29) is 6.03 Å². The molecule has 0 aliphatic carbocycles. The van der Waals surface area contributed by atoms with Gasteiger partial charge in [-0.3, -0.25) is 0 Å². The first-order valence-electron chi connectivity index (χ1n) is 5.43. The molecule has 0 spiro atoms. The summed E-state index contributed by atoms with van der Waals surface area (Å²) in [7, 11) is 0. The van der Waals surface area contributed by atoms with Crippen molar-refractivity contribution in [1.29, 1.82) is 0 Å². The summed E-state index contributed by atoms with van der Waals surface area (Å²) in [6.07, 6.45) is 4.79. The Morgan fingerprint density at radius 2 is 2.27 bits per heavy atom. The van der Waals surface area contributed by atoms with E-state index in [1.807, 2.05) is 11.8 Å². The number of thioether (sulfide) groups is 1. The van der Waals surface area contributed by atoms with Gasteiger partial charge in [0.05, 0.1) is 12.1 Å². The summed E-state index contributed by atoms with van der Waals surface area (Å²) < 4.78 is 0. The average Bonchev–Trinajstić information content (AvgIpc) is 2.73. The van der Waals surface area contributed by atoms with Gasteiger partial charge in [0.15, 0.2) is 0 Å². The molecule has 2 heterocycles. The fraction of sp³-hybridized carbons (Fsp3) is 0.800. The number of amides is 2. The van der Waals surface area contributed by atoms with E-state index < -0.39 is 0 Å². The van der Waals surface area contributed by atoms with Gasteiger partial charge >= 0.3 is 6.03 Å². The highest BCUT2D eigenvalue weighted by atomic mass is 32.2. The number of carbonyl (C=O) groups is 2. The van der Waals surface area contributed by atoms with Crippen LogP contribution in [0, 0.1) is 0 Å². The lowest BCUT2D eigenvalue weighted by Crippen LogP contribution is -2.36. The molecule has 4 nitrogen and oxygen atoms in total. The molecule has 2 N–H and O–H groups in total. The zero-order chi connectivity index (χ0) is 10.7. The fourth-order valence-electron chi connectivity index (χ4n) is 2.22. The Balaban J connectivity index is 1.74. The van der Waals surface area contributed by atoms with Crippen LogP contribution in [0.25, 0.3) is 0 Å². The van der Waals surface area contributed by atoms with Crippen LogP contribution in [-0.2, 0) is 4.79 Å². The molecule has 84 valence electrons. The maximum Gasteiger partial charge on any atom is 0.315 e. The van der Waals surface area contributed by atoms with Gasteiger partial charge in [-0.15, -0.1) is 0 Å². The predicted molar refractivity (Wildman–Crippen MR) is 60.0 cm³/mol. The number of nitrogens with one attached hydrogen (secondary N) is 2. The van der Waals surface area contributed by atoms with Crippen LogP contribution in [0.4, 0.5) is 4.79 Å². The molecule has 2 amide bonds. The molecule has 0 aromatic rings. The monoisotopic (exact) mass is 228 g/mol. The molecule has 3 atom stereocenters. The Morgan fingerprint density at radius 3 is 3.07 bits per heavy atom. The van der Waals surface area contributed by atoms with Crippen LogP contribution < -0.4 is 10.6 Å². The summed E-state index contributed by atoms with van der Waals surface area (Å²) in [5.41, 5.74) is 0. The number of fused-ring (bicyclic) bond motifs is 1. The van der Waals surface area contributed by atoms with Gasteiger partial charge < -0.3 is 15.4 Å². The molecule has 0 aromatic carbocycles. The summed E-state index contributed by atoms with van der Waals surface area (Å²) in [5.74, 6) is 1.02. The van der Waals surface area contributed by atoms with Gasteiger partial charge in [-0.25, -0.2) is 4.79 Å². The standard InChI is InChI=1S/C10H16N2O2S/c13-5-3-1-2-4-8-9-7(6-15-8)11-10(14)12-9/h5,7-9H,1-4,6H2,(H2,11,12,14)/t7?,8-,9-/m0/s1. The third-order valence-corrected chi connectivity index (χ3v) is 4.51. The number of hydrogen-bond acceptors (Lipinski definition) is 3. The minimum absolute atomic E-state index is 0.0248. The zero-order valence-corrected chi connectivity index (χ0v) is 9.39. The Hall–Kier alpha value is -0.710. The van der Waals surface area contributed by atoms with E-state index in [4.69, 9.17) is 0 Å². The van der Waals surface area contributed by atoms with Gasteiger partial charge in [-0.05, 0) is 12.8 Å². The van der Waals surface area contributed by atoms with E-state index in [0.29, 0.717) is 23.8 Å². The average molecular weight is 228 g/mol. The number of carbonyl (C=O) groups excluding carboxylic acids is 2. The van der Waals surface area contributed by atoms with Gasteiger partial charge in [-0.2, -0.15) is 11.8 Å². The van der Waals surface area contributed by atoms with Crippen molar-refractivity contribution in [3.05, 3.63) is 0 Å². The lowest BCUT2D eigenvalue weighted by molar-refractivity contribution is -0.107. The highest BCUT2D eigenvalue weighted by Gasteiger charge is 2.42. The maximum absolute atomic E-state index is 11.1. The number of hydrogen-bond donors (Lipinski definition) is 2. The van der Waals surface area contributed by atoms with Crippen molar-refractivity contribution in [1.82, 2.24) is 10.6 Å². The maximum atomic E-state index is 11.1. The molecule has 0 saturated carbocycles. The van der Waals surface area contributed by atoms with Gasteiger partial charge in [-0.1, -0.05) is 6.42 Å². The van der Waals surface area contributed by atoms with Gasteiger partial charge in [0.25, 0.3) is 0 Å². The largest absolute Gasteiger partial charge is 0.332 e. The van der Waals surface area contributed by atoms with Crippen LogP contribution in [0.2, 0.25) is 0 Å². The van der Waals surface area contributed by atoms with Crippen LogP contribution in [-0.4, -0.2) is 35.4 Å². The first-order valence-corrected chi connectivity index (χ1v) is 6.48. The van der Waals surface area contributed by atoms with Crippen molar-refractivity contribution in [2.24, 2.45) is 0 Å². The van der Waals surface area contributed by atoms with E-state index in [1.165, 1.54) is 0 Å². The number of unbranched alkanes of at least 4 members (excludes halogenated alkanes) is 2. The zero-order valence-electron chi connectivity index (χ0n) is 8.57. The normalized spacial score (nSPS) is 33.3.